The standard InChI is InChI=1S/C13H17NO4/c1-16-11-7-14-8-12(11)18-10-5-3-9(4-6-10)13(15)17-2/h3-6,11-12,14H,7-8H2,1-2H3/t11-,12+/m1/s1. The summed E-state index contributed by atoms with van der Waals surface area (Å²) >= 11 is 0. The lowest BCUT2D eigenvalue weighted by molar-refractivity contribution is 0.0346. The van der Waals surface area contributed by atoms with Crippen LogP contribution in [0, 0.1) is 0 Å². The molecule has 98 valence electrons. The number of carbonyl (C=O) groups excluding carboxylic acids is 1. The van der Waals surface area contributed by atoms with Crippen molar-refractivity contribution in [2.75, 3.05) is 27.3 Å². The molecule has 0 saturated carbocycles. The Hall–Kier alpha value is -1.59. The smallest absolute Gasteiger partial charge is 0.337 e. The topological polar surface area (TPSA) is 56.8 Å². The molecule has 1 N–H and O–H groups in total. The van der Waals surface area contributed by atoms with E-state index in [1.165, 1.54) is 7.11 Å². The van der Waals surface area contributed by atoms with Gasteiger partial charge in [0.2, 0.25) is 0 Å². The number of ether oxygens (including phenoxy) is 3. The number of hydrogen-bond donors (Lipinski definition) is 1. The molecule has 2 atom stereocenters. The van der Waals surface area contributed by atoms with Crippen LogP contribution in [0.2, 0.25) is 0 Å². The molecule has 0 amide bonds. The van der Waals surface area contributed by atoms with E-state index >= 15 is 0 Å². The summed E-state index contributed by atoms with van der Waals surface area (Å²) in [5.74, 6) is 0.372. The van der Waals surface area contributed by atoms with Gasteiger partial charge in [0.15, 0.2) is 0 Å². The summed E-state index contributed by atoms with van der Waals surface area (Å²) in [6.07, 6.45) is 0.0595. The van der Waals surface area contributed by atoms with E-state index in [0.717, 1.165) is 18.8 Å². The molecule has 1 heterocycles. The van der Waals surface area contributed by atoms with Gasteiger partial charge in [0.25, 0.3) is 0 Å². The van der Waals surface area contributed by atoms with Crippen molar-refractivity contribution < 1.29 is 19.0 Å². The van der Waals surface area contributed by atoms with E-state index in [9.17, 15) is 4.79 Å². The largest absolute Gasteiger partial charge is 0.486 e. The van der Waals surface area contributed by atoms with Crippen molar-refractivity contribution in [3.05, 3.63) is 29.8 Å². The highest BCUT2D eigenvalue weighted by molar-refractivity contribution is 5.89. The van der Waals surface area contributed by atoms with E-state index in [-0.39, 0.29) is 18.2 Å². The molecule has 1 fully saturated rings. The Balaban J connectivity index is 2.00. The molecule has 1 aliphatic heterocycles. The first-order chi connectivity index (χ1) is 8.74. The fraction of sp³-hybridized carbons (Fsp3) is 0.462. The highest BCUT2D eigenvalue weighted by Crippen LogP contribution is 2.17. The van der Waals surface area contributed by atoms with Crippen LogP contribution in [-0.4, -0.2) is 45.5 Å². The van der Waals surface area contributed by atoms with Crippen molar-refractivity contribution in [2.45, 2.75) is 12.2 Å². The molecule has 5 heteroatoms. The minimum absolute atomic E-state index is 0.000948. The van der Waals surface area contributed by atoms with Gasteiger partial charge >= 0.3 is 5.97 Å². The van der Waals surface area contributed by atoms with Gasteiger partial charge in [-0.2, -0.15) is 0 Å². The molecule has 0 aromatic heterocycles. The summed E-state index contributed by atoms with van der Waals surface area (Å²) < 4.78 is 15.8. The first-order valence-corrected chi connectivity index (χ1v) is 5.83. The summed E-state index contributed by atoms with van der Waals surface area (Å²) in [5, 5.41) is 3.21. The van der Waals surface area contributed by atoms with Crippen LogP contribution in [0.3, 0.4) is 0 Å². The summed E-state index contributed by atoms with van der Waals surface area (Å²) in [4.78, 5) is 11.3. The van der Waals surface area contributed by atoms with E-state index in [1.807, 2.05) is 0 Å². The van der Waals surface area contributed by atoms with Crippen LogP contribution in [0.25, 0.3) is 0 Å². The Morgan fingerprint density at radius 2 is 1.83 bits per heavy atom. The van der Waals surface area contributed by atoms with E-state index in [4.69, 9.17) is 9.47 Å². The van der Waals surface area contributed by atoms with Crippen LogP contribution in [0.5, 0.6) is 5.75 Å². The van der Waals surface area contributed by atoms with Crippen molar-refractivity contribution in [1.82, 2.24) is 5.32 Å². The number of rotatable bonds is 4. The first kappa shape index (κ1) is 12.9. The highest BCUT2D eigenvalue weighted by atomic mass is 16.5. The molecule has 2 rings (SSSR count). The van der Waals surface area contributed by atoms with Crippen molar-refractivity contribution >= 4 is 5.97 Å². The Morgan fingerprint density at radius 3 is 2.44 bits per heavy atom. The maximum Gasteiger partial charge on any atom is 0.337 e. The zero-order valence-electron chi connectivity index (χ0n) is 10.5. The van der Waals surface area contributed by atoms with Crippen LogP contribution in [0.4, 0.5) is 0 Å². The van der Waals surface area contributed by atoms with Gasteiger partial charge in [-0.15, -0.1) is 0 Å². The second kappa shape index (κ2) is 5.84. The van der Waals surface area contributed by atoms with Crippen LogP contribution < -0.4 is 10.1 Å². The van der Waals surface area contributed by atoms with Gasteiger partial charge in [-0.3, -0.25) is 0 Å². The van der Waals surface area contributed by atoms with Gasteiger partial charge < -0.3 is 19.5 Å². The lowest BCUT2D eigenvalue weighted by Crippen LogP contribution is -2.31. The third-order valence-corrected chi connectivity index (χ3v) is 2.97. The van der Waals surface area contributed by atoms with Crippen LogP contribution in [-0.2, 0) is 9.47 Å². The molecule has 1 aliphatic rings. The predicted molar refractivity (Wildman–Crippen MR) is 65.9 cm³/mol. The number of esters is 1. The molecule has 18 heavy (non-hydrogen) atoms. The van der Waals surface area contributed by atoms with E-state index in [1.54, 1.807) is 31.4 Å². The van der Waals surface area contributed by atoms with E-state index < -0.39 is 0 Å². The molecule has 0 radical (unpaired) electrons. The zero-order valence-corrected chi connectivity index (χ0v) is 10.5. The quantitative estimate of drug-likeness (QED) is 0.804. The molecule has 0 unspecified atom stereocenters. The summed E-state index contributed by atoms with van der Waals surface area (Å²) in [6.45, 7) is 1.55. The molecular formula is C13H17NO4. The zero-order chi connectivity index (χ0) is 13.0. The molecule has 0 bridgehead atoms. The van der Waals surface area contributed by atoms with Gasteiger partial charge in [-0.05, 0) is 24.3 Å². The van der Waals surface area contributed by atoms with Crippen LogP contribution >= 0.6 is 0 Å². The lowest BCUT2D eigenvalue weighted by atomic mass is 10.2. The fourth-order valence-corrected chi connectivity index (χ4v) is 1.95. The molecular weight excluding hydrogens is 234 g/mol. The predicted octanol–water partition coefficient (Wildman–Crippen LogP) is 0.839. The number of methoxy groups -OCH3 is 2. The molecule has 1 saturated heterocycles. The summed E-state index contributed by atoms with van der Waals surface area (Å²) in [7, 11) is 3.04. The Bertz CT molecular complexity index is 404. The van der Waals surface area contributed by atoms with Crippen LogP contribution in [0.15, 0.2) is 24.3 Å². The maximum atomic E-state index is 11.3. The SMILES string of the molecule is COC(=O)c1ccc(O[C@H]2CNC[C@H]2OC)cc1. The lowest BCUT2D eigenvalue weighted by Gasteiger charge is -2.19. The summed E-state index contributed by atoms with van der Waals surface area (Å²) in [5.41, 5.74) is 0.512. The first-order valence-electron chi connectivity index (χ1n) is 5.83. The van der Waals surface area contributed by atoms with Gasteiger partial charge in [-0.25, -0.2) is 4.79 Å². The van der Waals surface area contributed by atoms with Gasteiger partial charge in [0.1, 0.15) is 18.0 Å². The number of benzene rings is 1. The number of nitrogens with one attached hydrogen (secondary N) is 1. The number of carbonyl (C=O) groups is 1. The molecule has 0 aliphatic carbocycles. The average molecular weight is 251 g/mol. The second-order valence-electron chi connectivity index (χ2n) is 4.10. The van der Waals surface area contributed by atoms with E-state index in [2.05, 4.69) is 10.1 Å². The average Bonchev–Trinajstić information content (AvgIpc) is 2.86. The molecule has 5 nitrogen and oxygen atoms in total. The fourth-order valence-electron chi connectivity index (χ4n) is 1.95. The highest BCUT2D eigenvalue weighted by Gasteiger charge is 2.28. The minimum atomic E-state index is -0.348. The van der Waals surface area contributed by atoms with Crippen molar-refractivity contribution in [3.63, 3.8) is 0 Å². The van der Waals surface area contributed by atoms with Gasteiger partial charge in [0, 0.05) is 20.2 Å². The molecule has 0 spiro atoms. The minimum Gasteiger partial charge on any atom is -0.486 e. The van der Waals surface area contributed by atoms with Gasteiger partial charge in [-0.1, -0.05) is 0 Å². The normalized spacial score (nSPS) is 22.8. The Labute approximate surface area is 106 Å². The summed E-state index contributed by atoms with van der Waals surface area (Å²) in [6, 6.07) is 6.89. The second-order valence-corrected chi connectivity index (χ2v) is 4.10. The molecule has 1 aromatic carbocycles. The Morgan fingerprint density at radius 1 is 1.17 bits per heavy atom. The monoisotopic (exact) mass is 251 g/mol. The third-order valence-electron chi connectivity index (χ3n) is 2.97. The Kier molecular flexibility index (Phi) is 4.17. The van der Waals surface area contributed by atoms with Crippen molar-refractivity contribution in [2.24, 2.45) is 0 Å². The van der Waals surface area contributed by atoms with Gasteiger partial charge in [0.05, 0.1) is 12.7 Å². The third kappa shape index (κ3) is 2.80. The van der Waals surface area contributed by atoms with Crippen LogP contribution in [0.1, 0.15) is 10.4 Å². The maximum absolute atomic E-state index is 11.3. The van der Waals surface area contributed by atoms with Crippen molar-refractivity contribution in [1.29, 1.82) is 0 Å². The van der Waals surface area contributed by atoms with Crippen molar-refractivity contribution in [3.8, 4) is 5.75 Å². The molecule has 1 aromatic rings. The number of hydrogen-bond acceptors (Lipinski definition) is 5. The van der Waals surface area contributed by atoms with E-state index in [0.29, 0.717) is 5.56 Å².